The highest BCUT2D eigenvalue weighted by Gasteiger charge is 2.13. The van der Waals surface area contributed by atoms with Crippen molar-refractivity contribution in [2.45, 2.75) is 45.4 Å². The fourth-order valence-electron chi connectivity index (χ4n) is 2.41. The van der Waals surface area contributed by atoms with Crippen molar-refractivity contribution in [3.63, 3.8) is 0 Å². The molecule has 5 nitrogen and oxygen atoms in total. The first kappa shape index (κ1) is 15.2. The van der Waals surface area contributed by atoms with Crippen LogP contribution in [0.3, 0.4) is 0 Å². The van der Waals surface area contributed by atoms with E-state index in [9.17, 15) is 0 Å². The van der Waals surface area contributed by atoms with Gasteiger partial charge in [0, 0.05) is 23.5 Å². The van der Waals surface area contributed by atoms with Crippen molar-refractivity contribution in [2.75, 3.05) is 11.5 Å². The SMILES string of the molecule is CCCCCCCc1c(N)nc(N)nc1-c1cccnc1. The Hall–Kier alpha value is -2.17. The van der Waals surface area contributed by atoms with E-state index in [0.29, 0.717) is 5.82 Å². The molecule has 0 atom stereocenters. The third-order valence-corrected chi connectivity index (χ3v) is 3.52. The van der Waals surface area contributed by atoms with Crippen molar-refractivity contribution in [3.8, 4) is 11.3 Å². The van der Waals surface area contributed by atoms with E-state index in [1.54, 1.807) is 12.4 Å². The highest BCUT2D eigenvalue weighted by molar-refractivity contribution is 5.68. The summed E-state index contributed by atoms with van der Waals surface area (Å²) >= 11 is 0. The summed E-state index contributed by atoms with van der Waals surface area (Å²) in [4.78, 5) is 12.6. The van der Waals surface area contributed by atoms with Crippen LogP contribution in [-0.4, -0.2) is 15.0 Å². The number of nitrogen functional groups attached to an aromatic ring is 2. The van der Waals surface area contributed by atoms with Gasteiger partial charge in [-0.3, -0.25) is 4.98 Å². The largest absolute Gasteiger partial charge is 0.383 e. The van der Waals surface area contributed by atoms with Crippen LogP contribution >= 0.6 is 0 Å². The van der Waals surface area contributed by atoms with Gasteiger partial charge in [-0.2, -0.15) is 4.98 Å². The Labute approximate surface area is 125 Å². The fourth-order valence-corrected chi connectivity index (χ4v) is 2.41. The maximum atomic E-state index is 6.05. The minimum Gasteiger partial charge on any atom is -0.383 e. The van der Waals surface area contributed by atoms with Crippen LogP contribution in [0, 0.1) is 0 Å². The topological polar surface area (TPSA) is 90.7 Å². The van der Waals surface area contributed by atoms with Crippen LogP contribution in [0.15, 0.2) is 24.5 Å². The Kier molecular flexibility index (Phi) is 5.49. The zero-order valence-corrected chi connectivity index (χ0v) is 12.5. The molecule has 0 saturated heterocycles. The summed E-state index contributed by atoms with van der Waals surface area (Å²) in [6.45, 7) is 2.21. The van der Waals surface area contributed by atoms with E-state index in [0.717, 1.165) is 29.7 Å². The van der Waals surface area contributed by atoms with Crippen LogP contribution in [0.4, 0.5) is 11.8 Å². The molecular formula is C16H23N5. The Balaban J connectivity index is 2.19. The lowest BCUT2D eigenvalue weighted by Gasteiger charge is -2.11. The number of anilines is 2. The van der Waals surface area contributed by atoms with Crippen molar-refractivity contribution in [3.05, 3.63) is 30.1 Å². The van der Waals surface area contributed by atoms with Crippen molar-refractivity contribution < 1.29 is 0 Å². The second-order valence-corrected chi connectivity index (χ2v) is 5.20. The van der Waals surface area contributed by atoms with Gasteiger partial charge in [-0.15, -0.1) is 0 Å². The predicted molar refractivity (Wildman–Crippen MR) is 86.6 cm³/mol. The van der Waals surface area contributed by atoms with Crippen molar-refractivity contribution in [1.82, 2.24) is 15.0 Å². The molecule has 0 aliphatic carbocycles. The number of unbranched alkanes of at least 4 members (excludes halogenated alkanes) is 4. The highest BCUT2D eigenvalue weighted by Crippen LogP contribution is 2.27. The van der Waals surface area contributed by atoms with Crippen LogP contribution < -0.4 is 11.5 Å². The smallest absolute Gasteiger partial charge is 0.222 e. The molecule has 4 N–H and O–H groups in total. The molecule has 0 fully saturated rings. The molecule has 0 aliphatic rings. The van der Waals surface area contributed by atoms with E-state index in [2.05, 4.69) is 21.9 Å². The second kappa shape index (κ2) is 7.57. The molecule has 0 aromatic carbocycles. The van der Waals surface area contributed by atoms with E-state index in [1.165, 1.54) is 25.7 Å². The molecule has 2 rings (SSSR count). The van der Waals surface area contributed by atoms with Gasteiger partial charge in [-0.05, 0) is 25.0 Å². The summed E-state index contributed by atoms with van der Waals surface area (Å²) in [5.74, 6) is 0.693. The van der Waals surface area contributed by atoms with E-state index in [4.69, 9.17) is 11.5 Å². The summed E-state index contributed by atoms with van der Waals surface area (Å²) < 4.78 is 0. The predicted octanol–water partition coefficient (Wildman–Crippen LogP) is 3.22. The number of pyridine rings is 1. The summed E-state index contributed by atoms with van der Waals surface area (Å²) in [6.07, 6.45) is 10.5. The molecule has 2 aromatic heterocycles. The maximum absolute atomic E-state index is 6.05. The molecule has 2 heterocycles. The summed E-state index contributed by atoms with van der Waals surface area (Å²) in [6, 6.07) is 3.85. The van der Waals surface area contributed by atoms with Crippen LogP contribution in [0.1, 0.15) is 44.6 Å². The minimum absolute atomic E-state index is 0.209. The lowest BCUT2D eigenvalue weighted by atomic mass is 10.0. The molecule has 0 aliphatic heterocycles. The van der Waals surface area contributed by atoms with E-state index < -0.39 is 0 Å². The zero-order valence-electron chi connectivity index (χ0n) is 12.5. The summed E-state index contributed by atoms with van der Waals surface area (Å²) in [5.41, 5.74) is 14.5. The molecular weight excluding hydrogens is 262 g/mol. The molecule has 112 valence electrons. The first-order chi connectivity index (χ1) is 10.2. The van der Waals surface area contributed by atoms with E-state index in [1.807, 2.05) is 12.1 Å². The molecule has 0 bridgehead atoms. The molecule has 0 unspecified atom stereocenters. The maximum Gasteiger partial charge on any atom is 0.222 e. The number of nitrogens with two attached hydrogens (primary N) is 2. The Bertz CT molecular complexity index is 568. The molecule has 0 amide bonds. The monoisotopic (exact) mass is 285 g/mol. The Morgan fingerprint density at radius 1 is 1.05 bits per heavy atom. The van der Waals surface area contributed by atoms with Gasteiger partial charge in [0.2, 0.25) is 5.95 Å². The first-order valence-corrected chi connectivity index (χ1v) is 7.54. The van der Waals surface area contributed by atoms with Gasteiger partial charge in [-0.25, -0.2) is 4.98 Å². The molecule has 0 saturated carbocycles. The lowest BCUT2D eigenvalue weighted by Crippen LogP contribution is -2.07. The molecule has 5 heteroatoms. The van der Waals surface area contributed by atoms with Crippen LogP contribution in [0.5, 0.6) is 0 Å². The first-order valence-electron chi connectivity index (χ1n) is 7.54. The number of hydrogen-bond donors (Lipinski definition) is 2. The number of rotatable bonds is 7. The lowest BCUT2D eigenvalue weighted by molar-refractivity contribution is 0.632. The van der Waals surface area contributed by atoms with Crippen LogP contribution in [-0.2, 0) is 6.42 Å². The molecule has 2 aromatic rings. The van der Waals surface area contributed by atoms with Gasteiger partial charge in [0.05, 0.1) is 5.69 Å². The average molecular weight is 285 g/mol. The summed E-state index contributed by atoms with van der Waals surface area (Å²) in [5, 5.41) is 0. The Morgan fingerprint density at radius 3 is 2.57 bits per heavy atom. The van der Waals surface area contributed by atoms with Crippen molar-refractivity contribution in [1.29, 1.82) is 0 Å². The van der Waals surface area contributed by atoms with Gasteiger partial charge >= 0.3 is 0 Å². The molecule has 0 spiro atoms. The Morgan fingerprint density at radius 2 is 1.86 bits per heavy atom. The number of aromatic nitrogens is 3. The normalized spacial score (nSPS) is 10.7. The average Bonchev–Trinajstić information content (AvgIpc) is 2.49. The zero-order chi connectivity index (χ0) is 15.1. The molecule has 21 heavy (non-hydrogen) atoms. The number of hydrogen-bond acceptors (Lipinski definition) is 5. The van der Waals surface area contributed by atoms with Gasteiger partial charge in [-0.1, -0.05) is 32.6 Å². The van der Waals surface area contributed by atoms with Crippen LogP contribution in [0.25, 0.3) is 11.3 Å². The fraction of sp³-hybridized carbons (Fsp3) is 0.438. The van der Waals surface area contributed by atoms with Crippen LogP contribution in [0.2, 0.25) is 0 Å². The highest BCUT2D eigenvalue weighted by atomic mass is 15.0. The third-order valence-electron chi connectivity index (χ3n) is 3.52. The quantitative estimate of drug-likeness (QED) is 0.762. The number of nitrogens with zero attached hydrogens (tertiary/aromatic N) is 3. The standard InChI is InChI=1S/C16H23N5/c1-2-3-4-5-6-9-13-14(12-8-7-10-19-11-12)20-16(18)21-15(13)17/h7-8,10-11H,2-6,9H2,1H3,(H4,17,18,20,21). The van der Waals surface area contributed by atoms with Crippen molar-refractivity contribution >= 4 is 11.8 Å². The molecule has 0 radical (unpaired) electrons. The van der Waals surface area contributed by atoms with Gasteiger partial charge in [0.25, 0.3) is 0 Å². The minimum atomic E-state index is 0.209. The van der Waals surface area contributed by atoms with E-state index >= 15 is 0 Å². The van der Waals surface area contributed by atoms with E-state index in [-0.39, 0.29) is 5.95 Å². The van der Waals surface area contributed by atoms with Crippen molar-refractivity contribution in [2.24, 2.45) is 0 Å². The van der Waals surface area contributed by atoms with Gasteiger partial charge in [0.1, 0.15) is 5.82 Å². The summed E-state index contributed by atoms with van der Waals surface area (Å²) in [7, 11) is 0. The third kappa shape index (κ3) is 4.15. The van der Waals surface area contributed by atoms with Gasteiger partial charge < -0.3 is 11.5 Å². The second-order valence-electron chi connectivity index (χ2n) is 5.20. The van der Waals surface area contributed by atoms with Gasteiger partial charge in [0.15, 0.2) is 0 Å².